The lowest BCUT2D eigenvalue weighted by molar-refractivity contribution is 0.155. The highest BCUT2D eigenvalue weighted by atomic mass is 15.2. The summed E-state index contributed by atoms with van der Waals surface area (Å²) in [7, 11) is 0. The van der Waals surface area contributed by atoms with Gasteiger partial charge in [0.25, 0.3) is 0 Å². The van der Waals surface area contributed by atoms with Gasteiger partial charge in [0.05, 0.1) is 5.52 Å². The van der Waals surface area contributed by atoms with Gasteiger partial charge in [0.1, 0.15) is 0 Å². The predicted octanol–water partition coefficient (Wildman–Crippen LogP) is 3.23. The number of aromatic nitrogens is 1. The van der Waals surface area contributed by atoms with Crippen LogP contribution in [-0.4, -0.2) is 36.1 Å². The summed E-state index contributed by atoms with van der Waals surface area (Å²) in [5, 5.41) is 4.77. The number of rotatable bonds is 4. The van der Waals surface area contributed by atoms with Crippen LogP contribution in [0.15, 0.2) is 36.5 Å². The Kier molecular flexibility index (Phi) is 4.51. The summed E-state index contributed by atoms with van der Waals surface area (Å²) in [5.74, 6) is 0.691. The minimum atomic E-state index is 0.500. The molecule has 1 N–H and O–H groups in total. The SMILES string of the molecule is CC(C)C[C@H](c1ccnc2ccccc12)N1CCNCC1. The fourth-order valence-corrected chi connectivity index (χ4v) is 3.32. The van der Waals surface area contributed by atoms with Gasteiger partial charge in [-0.25, -0.2) is 0 Å². The van der Waals surface area contributed by atoms with E-state index in [1.54, 1.807) is 0 Å². The fraction of sp³-hybridized carbons (Fsp3) is 0.500. The van der Waals surface area contributed by atoms with Crippen LogP contribution in [0.25, 0.3) is 10.9 Å². The molecule has 2 aromatic rings. The van der Waals surface area contributed by atoms with E-state index in [1.165, 1.54) is 17.4 Å². The Morgan fingerprint density at radius 3 is 2.67 bits per heavy atom. The molecule has 3 rings (SSSR count). The van der Waals surface area contributed by atoms with Crippen molar-refractivity contribution in [2.24, 2.45) is 5.92 Å². The summed E-state index contributed by atoms with van der Waals surface area (Å²) in [4.78, 5) is 7.15. The Labute approximate surface area is 127 Å². The second-order valence-electron chi connectivity index (χ2n) is 6.35. The van der Waals surface area contributed by atoms with Crippen molar-refractivity contribution in [3.8, 4) is 0 Å². The maximum absolute atomic E-state index is 4.52. The van der Waals surface area contributed by atoms with Crippen LogP contribution >= 0.6 is 0 Å². The molecule has 0 amide bonds. The van der Waals surface area contributed by atoms with Crippen LogP contribution in [0.4, 0.5) is 0 Å². The normalized spacial score (nSPS) is 18.2. The summed E-state index contributed by atoms with van der Waals surface area (Å²) in [6.45, 7) is 9.09. The highest BCUT2D eigenvalue weighted by Gasteiger charge is 2.24. The largest absolute Gasteiger partial charge is 0.314 e. The molecule has 0 bridgehead atoms. The van der Waals surface area contributed by atoms with E-state index in [0.717, 1.165) is 31.7 Å². The number of hydrogen-bond acceptors (Lipinski definition) is 3. The van der Waals surface area contributed by atoms with E-state index in [-0.39, 0.29) is 0 Å². The number of benzene rings is 1. The van der Waals surface area contributed by atoms with Gasteiger partial charge in [0.15, 0.2) is 0 Å². The Morgan fingerprint density at radius 2 is 1.90 bits per heavy atom. The van der Waals surface area contributed by atoms with Crippen molar-refractivity contribution in [3.05, 3.63) is 42.1 Å². The first-order chi connectivity index (χ1) is 10.3. The second-order valence-corrected chi connectivity index (χ2v) is 6.35. The number of nitrogens with one attached hydrogen (secondary N) is 1. The number of para-hydroxylation sites is 1. The van der Waals surface area contributed by atoms with E-state index in [2.05, 4.69) is 59.4 Å². The van der Waals surface area contributed by atoms with Crippen LogP contribution in [0.5, 0.6) is 0 Å². The minimum Gasteiger partial charge on any atom is -0.314 e. The zero-order valence-electron chi connectivity index (χ0n) is 13.0. The van der Waals surface area contributed by atoms with Crippen molar-refractivity contribution in [2.45, 2.75) is 26.3 Å². The van der Waals surface area contributed by atoms with Gasteiger partial charge >= 0.3 is 0 Å². The lowest BCUT2D eigenvalue weighted by atomic mass is 9.93. The topological polar surface area (TPSA) is 28.2 Å². The zero-order chi connectivity index (χ0) is 14.7. The molecule has 0 aliphatic carbocycles. The van der Waals surface area contributed by atoms with Gasteiger partial charge in [-0.2, -0.15) is 0 Å². The molecular formula is C18H25N3. The van der Waals surface area contributed by atoms with Gasteiger partial charge in [-0.1, -0.05) is 32.0 Å². The van der Waals surface area contributed by atoms with E-state index in [9.17, 15) is 0 Å². The molecule has 3 nitrogen and oxygen atoms in total. The summed E-state index contributed by atoms with van der Waals surface area (Å²) in [6, 6.07) is 11.2. The number of nitrogens with zero attached hydrogens (tertiary/aromatic N) is 2. The molecule has 0 saturated carbocycles. The van der Waals surface area contributed by atoms with E-state index < -0.39 is 0 Å². The van der Waals surface area contributed by atoms with Crippen LogP contribution in [0.3, 0.4) is 0 Å². The standard InChI is InChI=1S/C18H25N3/c1-14(2)13-18(21-11-9-19-10-12-21)16-7-8-20-17-6-4-3-5-15(16)17/h3-8,14,18-19H,9-13H2,1-2H3/t18-/m1/s1. The van der Waals surface area contributed by atoms with Gasteiger partial charge in [-0.15, -0.1) is 0 Å². The van der Waals surface area contributed by atoms with Crippen molar-refractivity contribution >= 4 is 10.9 Å². The Bertz CT molecular complexity index is 583. The second kappa shape index (κ2) is 6.54. The average Bonchev–Trinajstić information content (AvgIpc) is 2.53. The molecule has 1 aromatic heterocycles. The molecule has 1 aliphatic rings. The first-order valence-electron chi connectivity index (χ1n) is 8.04. The first kappa shape index (κ1) is 14.5. The van der Waals surface area contributed by atoms with E-state index in [0.29, 0.717) is 12.0 Å². The van der Waals surface area contributed by atoms with Crippen LogP contribution in [0.1, 0.15) is 31.9 Å². The Morgan fingerprint density at radius 1 is 1.14 bits per heavy atom. The lowest BCUT2D eigenvalue weighted by Crippen LogP contribution is -2.45. The number of piperazine rings is 1. The van der Waals surface area contributed by atoms with Gasteiger partial charge in [-0.05, 0) is 30.0 Å². The zero-order valence-corrected chi connectivity index (χ0v) is 13.0. The third kappa shape index (κ3) is 3.25. The summed E-state index contributed by atoms with van der Waals surface area (Å²) in [6.07, 6.45) is 3.17. The smallest absolute Gasteiger partial charge is 0.0705 e. The molecule has 21 heavy (non-hydrogen) atoms. The average molecular weight is 283 g/mol. The summed E-state index contributed by atoms with van der Waals surface area (Å²) in [5.41, 5.74) is 2.55. The van der Waals surface area contributed by atoms with Gasteiger partial charge < -0.3 is 5.32 Å². The molecule has 0 spiro atoms. The molecular weight excluding hydrogens is 258 g/mol. The molecule has 112 valence electrons. The maximum Gasteiger partial charge on any atom is 0.0705 e. The van der Waals surface area contributed by atoms with Gasteiger partial charge in [0, 0.05) is 43.8 Å². The molecule has 1 saturated heterocycles. The van der Waals surface area contributed by atoms with E-state index >= 15 is 0 Å². The number of fused-ring (bicyclic) bond motifs is 1. The third-order valence-corrected chi connectivity index (χ3v) is 4.33. The van der Waals surface area contributed by atoms with Crippen molar-refractivity contribution in [3.63, 3.8) is 0 Å². The third-order valence-electron chi connectivity index (χ3n) is 4.33. The Hall–Kier alpha value is -1.45. The molecule has 2 heterocycles. The molecule has 1 aromatic carbocycles. The van der Waals surface area contributed by atoms with Crippen molar-refractivity contribution in [1.29, 1.82) is 0 Å². The van der Waals surface area contributed by atoms with Gasteiger partial charge in [-0.3, -0.25) is 9.88 Å². The quantitative estimate of drug-likeness (QED) is 0.934. The fourth-order valence-electron chi connectivity index (χ4n) is 3.32. The molecule has 0 unspecified atom stereocenters. The lowest BCUT2D eigenvalue weighted by Gasteiger charge is -2.36. The highest BCUT2D eigenvalue weighted by molar-refractivity contribution is 5.82. The van der Waals surface area contributed by atoms with E-state index in [4.69, 9.17) is 0 Å². The summed E-state index contributed by atoms with van der Waals surface area (Å²) < 4.78 is 0. The van der Waals surface area contributed by atoms with Crippen LogP contribution < -0.4 is 5.32 Å². The van der Waals surface area contributed by atoms with Crippen LogP contribution in [0, 0.1) is 5.92 Å². The van der Waals surface area contributed by atoms with Gasteiger partial charge in [0.2, 0.25) is 0 Å². The van der Waals surface area contributed by atoms with Crippen LogP contribution in [-0.2, 0) is 0 Å². The van der Waals surface area contributed by atoms with E-state index in [1.807, 2.05) is 6.20 Å². The van der Waals surface area contributed by atoms with Crippen molar-refractivity contribution < 1.29 is 0 Å². The Balaban J connectivity index is 2.00. The molecule has 0 radical (unpaired) electrons. The molecule has 1 fully saturated rings. The minimum absolute atomic E-state index is 0.500. The first-order valence-corrected chi connectivity index (χ1v) is 8.04. The summed E-state index contributed by atoms with van der Waals surface area (Å²) >= 11 is 0. The van der Waals surface area contributed by atoms with Crippen molar-refractivity contribution in [1.82, 2.24) is 15.2 Å². The maximum atomic E-state index is 4.52. The molecule has 1 atom stereocenters. The van der Waals surface area contributed by atoms with Crippen molar-refractivity contribution in [2.75, 3.05) is 26.2 Å². The highest BCUT2D eigenvalue weighted by Crippen LogP contribution is 2.32. The monoisotopic (exact) mass is 283 g/mol. The number of hydrogen-bond donors (Lipinski definition) is 1. The molecule has 3 heteroatoms. The predicted molar refractivity (Wildman–Crippen MR) is 88.4 cm³/mol. The van der Waals surface area contributed by atoms with Crippen LogP contribution in [0.2, 0.25) is 0 Å². The molecule has 1 aliphatic heterocycles. The number of pyridine rings is 1.